The Morgan fingerprint density at radius 3 is 3.11 bits per heavy atom. The van der Waals surface area contributed by atoms with Crippen molar-refractivity contribution in [2.24, 2.45) is 0 Å². The molecule has 1 aromatic rings. The summed E-state index contributed by atoms with van der Waals surface area (Å²) in [5, 5.41) is 13.4. The maximum atomic E-state index is 10.9. The SMILES string of the molecule is CCn1nc(C)cc1CN1CCOCC1CC(=O)O. The second-order valence-electron chi connectivity index (χ2n) is 4.89. The second kappa shape index (κ2) is 6.16. The van der Waals surface area contributed by atoms with Crippen molar-refractivity contribution in [1.82, 2.24) is 14.7 Å². The number of aromatic nitrogens is 2. The van der Waals surface area contributed by atoms with Crippen molar-refractivity contribution in [3.63, 3.8) is 0 Å². The molecule has 0 aliphatic carbocycles. The minimum absolute atomic E-state index is 0.0493. The van der Waals surface area contributed by atoms with Crippen molar-refractivity contribution in [2.45, 2.75) is 39.4 Å². The fourth-order valence-electron chi connectivity index (χ4n) is 2.50. The third-order valence-corrected chi connectivity index (χ3v) is 3.41. The van der Waals surface area contributed by atoms with Gasteiger partial charge in [0.2, 0.25) is 0 Å². The average Bonchev–Trinajstić information content (AvgIpc) is 2.71. The molecule has 0 bridgehead atoms. The normalized spacial score (nSPS) is 20.6. The lowest BCUT2D eigenvalue weighted by Gasteiger charge is -2.34. The van der Waals surface area contributed by atoms with Gasteiger partial charge in [-0.05, 0) is 19.9 Å². The van der Waals surface area contributed by atoms with Gasteiger partial charge < -0.3 is 9.84 Å². The Morgan fingerprint density at radius 2 is 2.42 bits per heavy atom. The molecule has 0 radical (unpaired) electrons. The van der Waals surface area contributed by atoms with Crippen LogP contribution >= 0.6 is 0 Å². The predicted molar refractivity (Wildman–Crippen MR) is 69.9 cm³/mol. The first-order chi connectivity index (χ1) is 9.10. The molecule has 6 nitrogen and oxygen atoms in total. The summed E-state index contributed by atoms with van der Waals surface area (Å²) in [5.41, 5.74) is 2.14. The monoisotopic (exact) mass is 267 g/mol. The number of nitrogens with zero attached hydrogens (tertiary/aromatic N) is 3. The average molecular weight is 267 g/mol. The Morgan fingerprint density at radius 1 is 1.63 bits per heavy atom. The van der Waals surface area contributed by atoms with Crippen LogP contribution in [0, 0.1) is 6.92 Å². The van der Waals surface area contributed by atoms with Gasteiger partial charge in [-0.2, -0.15) is 5.10 Å². The molecular formula is C13H21N3O3. The van der Waals surface area contributed by atoms with Crippen LogP contribution in [0.5, 0.6) is 0 Å². The van der Waals surface area contributed by atoms with Gasteiger partial charge in [-0.15, -0.1) is 0 Å². The van der Waals surface area contributed by atoms with Gasteiger partial charge >= 0.3 is 5.97 Å². The van der Waals surface area contributed by atoms with Crippen LogP contribution in [-0.2, 0) is 22.6 Å². The van der Waals surface area contributed by atoms with Gasteiger partial charge in [-0.25, -0.2) is 0 Å². The smallest absolute Gasteiger partial charge is 0.305 e. The van der Waals surface area contributed by atoms with E-state index in [1.165, 1.54) is 0 Å². The van der Waals surface area contributed by atoms with Gasteiger partial charge in [0.05, 0.1) is 31.0 Å². The Hall–Kier alpha value is -1.40. The first kappa shape index (κ1) is 14.0. The van der Waals surface area contributed by atoms with E-state index in [0.717, 1.165) is 31.0 Å². The van der Waals surface area contributed by atoms with Crippen molar-refractivity contribution in [3.8, 4) is 0 Å². The molecule has 2 heterocycles. The summed E-state index contributed by atoms with van der Waals surface area (Å²) in [6.45, 7) is 7.52. The van der Waals surface area contributed by atoms with E-state index in [0.29, 0.717) is 13.2 Å². The van der Waals surface area contributed by atoms with E-state index in [1.54, 1.807) is 0 Å². The van der Waals surface area contributed by atoms with E-state index in [1.807, 2.05) is 11.6 Å². The lowest BCUT2D eigenvalue weighted by molar-refractivity contribution is -0.140. The molecule has 1 aliphatic rings. The molecule has 1 atom stereocenters. The van der Waals surface area contributed by atoms with Crippen molar-refractivity contribution in [1.29, 1.82) is 0 Å². The van der Waals surface area contributed by atoms with E-state index >= 15 is 0 Å². The summed E-state index contributed by atoms with van der Waals surface area (Å²) < 4.78 is 7.36. The van der Waals surface area contributed by atoms with Gasteiger partial charge in [0.1, 0.15) is 0 Å². The van der Waals surface area contributed by atoms with Crippen LogP contribution in [0.3, 0.4) is 0 Å². The second-order valence-corrected chi connectivity index (χ2v) is 4.89. The molecule has 106 valence electrons. The highest BCUT2D eigenvalue weighted by molar-refractivity contribution is 5.67. The zero-order valence-corrected chi connectivity index (χ0v) is 11.5. The number of aryl methyl sites for hydroxylation is 2. The summed E-state index contributed by atoms with van der Waals surface area (Å²) >= 11 is 0. The largest absolute Gasteiger partial charge is 0.481 e. The van der Waals surface area contributed by atoms with E-state index in [2.05, 4.69) is 23.0 Å². The van der Waals surface area contributed by atoms with Crippen LogP contribution in [0.15, 0.2) is 6.07 Å². The molecule has 6 heteroatoms. The quantitative estimate of drug-likeness (QED) is 0.858. The van der Waals surface area contributed by atoms with Gasteiger partial charge in [0, 0.05) is 25.7 Å². The van der Waals surface area contributed by atoms with Crippen LogP contribution in [0.2, 0.25) is 0 Å². The Kier molecular flexibility index (Phi) is 4.55. The number of hydrogen-bond acceptors (Lipinski definition) is 4. The number of hydrogen-bond donors (Lipinski definition) is 1. The van der Waals surface area contributed by atoms with Gasteiger partial charge in [0.15, 0.2) is 0 Å². The highest BCUT2D eigenvalue weighted by Crippen LogP contribution is 2.15. The molecule has 0 saturated carbocycles. The standard InChI is InChI=1S/C13H21N3O3/c1-3-16-11(6-10(2)14-16)8-15-4-5-19-9-12(15)7-13(17)18/h6,12H,3-5,7-9H2,1-2H3,(H,17,18). The van der Waals surface area contributed by atoms with E-state index in [4.69, 9.17) is 9.84 Å². The fraction of sp³-hybridized carbons (Fsp3) is 0.692. The third-order valence-electron chi connectivity index (χ3n) is 3.41. The van der Waals surface area contributed by atoms with Crippen molar-refractivity contribution in [3.05, 3.63) is 17.5 Å². The Labute approximate surface area is 113 Å². The van der Waals surface area contributed by atoms with E-state index in [9.17, 15) is 4.79 Å². The summed E-state index contributed by atoms with van der Waals surface area (Å²) in [6, 6.07) is 2.02. The molecule has 1 unspecified atom stereocenters. The zero-order valence-electron chi connectivity index (χ0n) is 11.5. The zero-order chi connectivity index (χ0) is 13.8. The third kappa shape index (κ3) is 3.54. The summed E-state index contributed by atoms with van der Waals surface area (Å²) in [4.78, 5) is 13.1. The first-order valence-corrected chi connectivity index (χ1v) is 6.67. The summed E-state index contributed by atoms with van der Waals surface area (Å²) in [6.07, 6.45) is 0.124. The fourth-order valence-corrected chi connectivity index (χ4v) is 2.50. The molecule has 0 amide bonds. The minimum atomic E-state index is -0.777. The molecule has 1 fully saturated rings. The number of morpholine rings is 1. The van der Waals surface area contributed by atoms with Crippen molar-refractivity contribution >= 4 is 5.97 Å². The van der Waals surface area contributed by atoms with Crippen molar-refractivity contribution in [2.75, 3.05) is 19.8 Å². The van der Waals surface area contributed by atoms with Gasteiger partial charge in [0.25, 0.3) is 0 Å². The van der Waals surface area contributed by atoms with Crippen LogP contribution in [0.1, 0.15) is 24.7 Å². The highest BCUT2D eigenvalue weighted by atomic mass is 16.5. The van der Waals surface area contributed by atoms with Crippen LogP contribution in [0.25, 0.3) is 0 Å². The van der Waals surface area contributed by atoms with Crippen molar-refractivity contribution < 1.29 is 14.6 Å². The van der Waals surface area contributed by atoms with Crippen LogP contribution in [0.4, 0.5) is 0 Å². The minimum Gasteiger partial charge on any atom is -0.481 e. The molecular weight excluding hydrogens is 246 g/mol. The maximum absolute atomic E-state index is 10.9. The van der Waals surface area contributed by atoms with Crippen LogP contribution in [-0.4, -0.2) is 51.6 Å². The lowest BCUT2D eigenvalue weighted by Crippen LogP contribution is -2.46. The Balaban J connectivity index is 2.08. The summed E-state index contributed by atoms with van der Waals surface area (Å²) in [5.74, 6) is -0.777. The number of carboxylic acids is 1. The predicted octanol–water partition coefficient (Wildman–Crippen LogP) is 0.887. The Bertz CT molecular complexity index is 444. The summed E-state index contributed by atoms with van der Waals surface area (Å²) in [7, 11) is 0. The lowest BCUT2D eigenvalue weighted by atomic mass is 10.1. The topological polar surface area (TPSA) is 67.6 Å². The molecule has 1 aromatic heterocycles. The first-order valence-electron chi connectivity index (χ1n) is 6.67. The number of ether oxygens (including phenoxy) is 1. The number of carbonyl (C=O) groups is 1. The maximum Gasteiger partial charge on any atom is 0.305 e. The molecule has 1 saturated heterocycles. The van der Waals surface area contributed by atoms with Gasteiger partial charge in [-0.3, -0.25) is 14.4 Å². The van der Waals surface area contributed by atoms with Gasteiger partial charge in [-0.1, -0.05) is 0 Å². The molecule has 19 heavy (non-hydrogen) atoms. The molecule has 0 spiro atoms. The van der Waals surface area contributed by atoms with E-state index < -0.39 is 5.97 Å². The molecule has 0 aromatic carbocycles. The van der Waals surface area contributed by atoms with Crippen LogP contribution < -0.4 is 0 Å². The number of carboxylic acid groups (broad SMARTS) is 1. The molecule has 1 N–H and O–H groups in total. The van der Waals surface area contributed by atoms with E-state index in [-0.39, 0.29) is 12.5 Å². The number of aliphatic carboxylic acids is 1. The molecule has 2 rings (SSSR count). The highest BCUT2D eigenvalue weighted by Gasteiger charge is 2.26. The molecule has 1 aliphatic heterocycles. The number of rotatable bonds is 5.